The van der Waals surface area contributed by atoms with E-state index >= 15 is 0 Å². The van der Waals surface area contributed by atoms with Crippen LogP contribution in [0.4, 0.5) is 0 Å². The Morgan fingerprint density at radius 3 is 2.56 bits per heavy atom. The van der Waals surface area contributed by atoms with E-state index in [1.807, 2.05) is 0 Å². The molecule has 1 saturated heterocycles. The first-order valence-corrected chi connectivity index (χ1v) is 6.68. The first-order valence-electron chi connectivity index (χ1n) is 6.68. The van der Waals surface area contributed by atoms with Crippen molar-refractivity contribution in [1.82, 2.24) is 4.90 Å². The van der Waals surface area contributed by atoms with Crippen LogP contribution in [0.3, 0.4) is 0 Å². The predicted molar refractivity (Wildman–Crippen MR) is 64.5 cm³/mol. The van der Waals surface area contributed by atoms with Gasteiger partial charge in [0, 0.05) is 44.3 Å². The van der Waals surface area contributed by atoms with E-state index in [-0.39, 0.29) is 5.60 Å². The van der Waals surface area contributed by atoms with Crippen molar-refractivity contribution in [2.45, 2.75) is 57.6 Å². The number of piperidine rings is 1. The van der Waals surface area contributed by atoms with Crippen molar-refractivity contribution in [1.29, 1.82) is 0 Å². The van der Waals surface area contributed by atoms with Crippen LogP contribution in [0.2, 0.25) is 0 Å². The second-order valence-corrected chi connectivity index (χ2v) is 5.94. The lowest BCUT2D eigenvalue weighted by atomic mass is 9.85. The van der Waals surface area contributed by atoms with Gasteiger partial charge in [-0.3, -0.25) is 0 Å². The first kappa shape index (κ1) is 10.6. The Morgan fingerprint density at radius 2 is 2.00 bits per heavy atom. The quantitative estimate of drug-likeness (QED) is 0.716. The van der Waals surface area contributed by atoms with Crippen LogP contribution in [0.1, 0.15) is 46.0 Å². The molecule has 3 aliphatic rings. The third-order valence-corrected chi connectivity index (χ3v) is 4.35. The standard InChI is InChI=1S/C13H22N2O/c1-10(2)15-7-5-13(6-8-15)9-12(14-16-13)11-3-4-11/h10-11H,3-9H2,1-2H3. The Morgan fingerprint density at radius 1 is 1.31 bits per heavy atom. The molecule has 2 aliphatic heterocycles. The molecule has 0 amide bonds. The molecule has 0 bridgehead atoms. The Hall–Kier alpha value is -0.570. The van der Waals surface area contributed by atoms with Crippen LogP contribution in [0, 0.1) is 5.92 Å². The fourth-order valence-corrected chi connectivity index (χ4v) is 2.90. The van der Waals surface area contributed by atoms with Crippen LogP contribution in [0.25, 0.3) is 0 Å². The van der Waals surface area contributed by atoms with Crippen molar-refractivity contribution in [2.75, 3.05) is 13.1 Å². The second kappa shape index (κ2) is 3.73. The van der Waals surface area contributed by atoms with E-state index in [1.54, 1.807) is 0 Å². The van der Waals surface area contributed by atoms with Gasteiger partial charge in [-0.05, 0) is 26.7 Å². The average molecular weight is 222 g/mol. The summed E-state index contributed by atoms with van der Waals surface area (Å²) in [6, 6.07) is 0.669. The van der Waals surface area contributed by atoms with E-state index in [0.717, 1.165) is 25.2 Å². The number of likely N-dealkylation sites (tertiary alicyclic amines) is 1. The van der Waals surface area contributed by atoms with Gasteiger partial charge in [-0.25, -0.2) is 0 Å². The zero-order valence-corrected chi connectivity index (χ0v) is 10.4. The summed E-state index contributed by atoms with van der Waals surface area (Å²) in [5.41, 5.74) is 1.45. The van der Waals surface area contributed by atoms with Crippen molar-refractivity contribution in [3.63, 3.8) is 0 Å². The monoisotopic (exact) mass is 222 g/mol. The molecule has 90 valence electrons. The molecule has 3 nitrogen and oxygen atoms in total. The smallest absolute Gasteiger partial charge is 0.145 e. The summed E-state index contributed by atoms with van der Waals surface area (Å²) in [5, 5.41) is 4.34. The van der Waals surface area contributed by atoms with E-state index in [4.69, 9.17) is 4.84 Å². The number of rotatable bonds is 2. The van der Waals surface area contributed by atoms with E-state index < -0.39 is 0 Å². The van der Waals surface area contributed by atoms with Crippen LogP contribution >= 0.6 is 0 Å². The molecule has 1 saturated carbocycles. The normalized spacial score (nSPS) is 29.6. The topological polar surface area (TPSA) is 24.8 Å². The molecule has 1 aliphatic carbocycles. The van der Waals surface area contributed by atoms with Crippen molar-refractivity contribution in [3.05, 3.63) is 0 Å². The van der Waals surface area contributed by atoms with Gasteiger partial charge in [0.1, 0.15) is 5.60 Å². The maximum Gasteiger partial charge on any atom is 0.145 e. The minimum Gasteiger partial charge on any atom is -0.389 e. The molecule has 0 atom stereocenters. The largest absolute Gasteiger partial charge is 0.389 e. The van der Waals surface area contributed by atoms with Crippen molar-refractivity contribution < 1.29 is 4.84 Å². The summed E-state index contributed by atoms with van der Waals surface area (Å²) in [5.74, 6) is 0.780. The SMILES string of the molecule is CC(C)N1CCC2(CC1)CC(C1CC1)=NO2. The molecule has 3 heteroatoms. The molecule has 0 aromatic rings. The van der Waals surface area contributed by atoms with Gasteiger partial charge in [0.15, 0.2) is 0 Å². The zero-order valence-electron chi connectivity index (χ0n) is 10.4. The Bertz CT molecular complexity index is 299. The average Bonchev–Trinajstić information content (AvgIpc) is 3.04. The number of hydrogen-bond donors (Lipinski definition) is 0. The highest BCUT2D eigenvalue weighted by atomic mass is 16.7. The molecule has 0 aromatic carbocycles. The zero-order chi connectivity index (χ0) is 11.2. The molecule has 0 N–H and O–H groups in total. The molecule has 0 radical (unpaired) electrons. The second-order valence-electron chi connectivity index (χ2n) is 5.94. The fourth-order valence-electron chi connectivity index (χ4n) is 2.90. The molecule has 16 heavy (non-hydrogen) atoms. The van der Waals surface area contributed by atoms with E-state index in [2.05, 4.69) is 23.9 Å². The summed E-state index contributed by atoms with van der Waals surface area (Å²) in [6.07, 6.45) is 6.12. The van der Waals surface area contributed by atoms with Crippen molar-refractivity contribution in [2.24, 2.45) is 11.1 Å². The molecular weight excluding hydrogens is 200 g/mol. The Kier molecular flexibility index (Phi) is 2.46. The highest BCUT2D eigenvalue weighted by Crippen LogP contribution is 2.42. The van der Waals surface area contributed by atoms with Gasteiger partial charge >= 0.3 is 0 Å². The third-order valence-electron chi connectivity index (χ3n) is 4.35. The van der Waals surface area contributed by atoms with Gasteiger partial charge in [-0.15, -0.1) is 0 Å². The van der Waals surface area contributed by atoms with E-state index in [0.29, 0.717) is 6.04 Å². The molecule has 2 fully saturated rings. The van der Waals surface area contributed by atoms with E-state index in [9.17, 15) is 0 Å². The van der Waals surface area contributed by atoms with Gasteiger partial charge in [0.2, 0.25) is 0 Å². The summed E-state index contributed by atoms with van der Waals surface area (Å²) >= 11 is 0. The first-order chi connectivity index (χ1) is 7.69. The van der Waals surface area contributed by atoms with Gasteiger partial charge in [0.05, 0.1) is 5.71 Å². The van der Waals surface area contributed by atoms with Gasteiger partial charge < -0.3 is 9.74 Å². The fraction of sp³-hybridized carbons (Fsp3) is 0.923. The Labute approximate surface area is 97.8 Å². The molecule has 2 heterocycles. The van der Waals surface area contributed by atoms with Crippen LogP contribution in [-0.2, 0) is 4.84 Å². The lowest BCUT2D eigenvalue weighted by Crippen LogP contribution is -2.46. The van der Waals surface area contributed by atoms with Crippen LogP contribution in [0.5, 0.6) is 0 Å². The number of nitrogens with zero attached hydrogens (tertiary/aromatic N) is 2. The molecular formula is C13H22N2O. The molecule has 1 spiro atoms. The highest BCUT2D eigenvalue weighted by molar-refractivity contribution is 5.90. The van der Waals surface area contributed by atoms with Crippen LogP contribution in [0.15, 0.2) is 5.16 Å². The third kappa shape index (κ3) is 1.86. The maximum absolute atomic E-state index is 5.78. The van der Waals surface area contributed by atoms with Gasteiger partial charge in [-0.1, -0.05) is 5.16 Å². The minimum absolute atomic E-state index is 0.0866. The minimum atomic E-state index is 0.0866. The number of hydrogen-bond acceptors (Lipinski definition) is 3. The summed E-state index contributed by atoms with van der Waals surface area (Å²) in [6.45, 7) is 6.90. The number of oxime groups is 1. The Balaban J connectivity index is 1.58. The maximum atomic E-state index is 5.78. The van der Waals surface area contributed by atoms with Gasteiger partial charge in [-0.2, -0.15) is 0 Å². The molecule has 0 unspecified atom stereocenters. The molecule has 3 rings (SSSR count). The van der Waals surface area contributed by atoms with Crippen molar-refractivity contribution in [3.8, 4) is 0 Å². The van der Waals surface area contributed by atoms with Gasteiger partial charge in [0.25, 0.3) is 0 Å². The predicted octanol–water partition coefficient (Wildman–Crippen LogP) is 2.42. The van der Waals surface area contributed by atoms with Crippen molar-refractivity contribution >= 4 is 5.71 Å². The summed E-state index contributed by atoms with van der Waals surface area (Å²) in [4.78, 5) is 8.33. The van der Waals surface area contributed by atoms with Crippen LogP contribution in [-0.4, -0.2) is 35.3 Å². The highest BCUT2D eigenvalue weighted by Gasteiger charge is 2.45. The lowest BCUT2D eigenvalue weighted by molar-refractivity contribution is -0.0656. The van der Waals surface area contributed by atoms with Crippen LogP contribution < -0.4 is 0 Å². The van der Waals surface area contributed by atoms with E-state index in [1.165, 1.54) is 31.6 Å². The molecule has 0 aromatic heterocycles. The lowest BCUT2D eigenvalue weighted by Gasteiger charge is -2.39. The summed E-state index contributed by atoms with van der Waals surface area (Å²) in [7, 11) is 0. The summed E-state index contributed by atoms with van der Waals surface area (Å²) < 4.78 is 0.